The van der Waals surface area contributed by atoms with E-state index in [0.29, 0.717) is 5.75 Å². The number of hydrogen-bond donors (Lipinski definition) is 2. The molecule has 0 aliphatic rings. The van der Waals surface area contributed by atoms with Crippen molar-refractivity contribution in [3.63, 3.8) is 0 Å². The van der Waals surface area contributed by atoms with Crippen LogP contribution < -0.4 is 10.0 Å². The Labute approximate surface area is 89.1 Å². The minimum Gasteiger partial charge on any atom is -0.488 e. The fourth-order valence-electron chi connectivity index (χ4n) is 1.06. The zero-order valence-corrected chi connectivity index (χ0v) is 9.86. The lowest BCUT2D eigenvalue weighted by molar-refractivity contribution is 0.131. The first-order valence-corrected chi connectivity index (χ1v) is 6.15. The molecule has 0 aromatic heterocycles. The average molecular weight is 230 g/mol. The Bertz CT molecular complexity index is 371. The third kappa shape index (κ3) is 4.04. The summed E-state index contributed by atoms with van der Waals surface area (Å²) in [6.07, 6.45) is 0. The van der Waals surface area contributed by atoms with Crippen LogP contribution in [0.1, 0.15) is 20.8 Å². The van der Waals surface area contributed by atoms with Gasteiger partial charge in [0.15, 0.2) is 0 Å². The number of benzene rings is 1. The van der Waals surface area contributed by atoms with E-state index in [2.05, 4.69) is 0 Å². The van der Waals surface area contributed by atoms with Gasteiger partial charge in [-0.1, -0.05) is 0 Å². The van der Waals surface area contributed by atoms with E-state index in [4.69, 9.17) is 14.5 Å². The molecule has 0 aliphatic heterocycles. The van der Waals surface area contributed by atoms with Crippen LogP contribution in [0.25, 0.3) is 0 Å². The summed E-state index contributed by atoms with van der Waals surface area (Å²) >= 11 is 0. The van der Waals surface area contributed by atoms with E-state index in [-0.39, 0.29) is 10.9 Å². The molecule has 1 aromatic rings. The molecular formula is C10H15O4P. The van der Waals surface area contributed by atoms with Gasteiger partial charge in [0.1, 0.15) is 11.4 Å². The lowest BCUT2D eigenvalue weighted by Crippen LogP contribution is -2.23. The van der Waals surface area contributed by atoms with Gasteiger partial charge in [-0.2, -0.15) is 0 Å². The Morgan fingerprint density at radius 2 is 1.60 bits per heavy atom. The zero-order valence-electron chi connectivity index (χ0n) is 8.97. The molecule has 0 saturated heterocycles. The van der Waals surface area contributed by atoms with Crippen molar-refractivity contribution in [2.24, 2.45) is 0 Å². The van der Waals surface area contributed by atoms with E-state index >= 15 is 0 Å². The molecule has 0 radical (unpaired) electrons. The van der Waals surface area contributed by atoms with Gasteiger partial charge in [-0.3, -0.25) is 4.57 Å². The monoisotopic (exact) mass is 230 g/mol. The molecule has 1 rings (SSSR count). The van der Waals surface area contributed by atoms with Crippen LogP contribution in [-0.2, 0) is 4.57 Å². The lowest BCUT2D eigenvalue weighted by Gasteiger charge is -2.21. The van der Waals surface area contributed by atoms with Crippen molar-refractivity contribution in [1.82, 2.24) is 0 Å². The second kappa shape index (κ2) is 3.97. The third-order valence-corrected chi connectivity index (χ3v) is 2.57. The summed E-state index contributed by atoms with van der Waals surface area (Å²) in [6, 6.07) is 5.86. The molecule has 0 amide bonds. The molecular weight excluding hydrogens is 215 g/mol. The first-order chi connectivity index (χ1) is 6.68. The number of rotatable bonds is 2. The van der Waals surface area contributed by atoms with Gasteiger partial charge in [0.05, 0.1) is 5.30 Å². The second-order valence-electron chi connectivity index (χ2n) is 4.25. The fraction of sp³-hybridized carbons (Fsp3) is 0.400. The maximum atomic E-state index is 10.9. The maximum absolute atomic E-state index is 10.9. The second-order valence-corrected chi connectivity index (χ2v) is 5.86. The molecule has 2 N–H and O–H groups in total. The summed E-state index contributed by atoms with van der Waals surface area (Å²) in [5.41, 5.74) is -0.316. The highest BCUT2D eigenvalue weighted by atomic mass is 31.2. The van der Waals surface area contributed by atoms with Crippen LogP contribution in [-0.4, -0.2) is 15.4 Å². The van der Waals surface area contributed by atoms with Crippen LogP contribution in [0.5, 0.6) is 5.75 Å². The van der Waals surface area contributed by atoms with Gasteiger partial charge in [0, 0.05) is 0 Å². The molecule has 0 bridgehead atoms. The quantitative estimate of drug-likeness (QED) is 0.758. The van der Waals surface area contributed by atoms with E-state index in [9.17, 15) is 4.57 Å². The summed E-state index contributed by atoms with van der Waals surface area (Å²) in [5, 5.41) is 0.00348. The zero-order chi connectivity index (χ0) is 11.7. The van der Waals surface area contributed by atoms with Gasteiger partial charge in [0.25, 0.3) is 0 Å². The van der Waals surface area contributed by atoms with Gasteiger partial charge < -0.3 is 14.5 Å². The Morgan fingerprint density at radius 3 is 1.93 bits per heavy atom. The minimum absolute atomic E-state index is 0.00348. The first-order valence-electron chi connectivity index (χ1n) is 4.54. The summed E-state index contributed by atoms with van der Waals surface area (Å²) in [4.78, 5) is 17.8. The van der Waals surface area contributed by atoms with Crippen LogP contribution in [0.15, 0.2) is 24.3 Å². The SMILES string of the molecule is CC(C)(C)Oc1ccc(P(=O)(O)O)cc1. The van der Waals surface area contributed by atoms with Crippen LogP contribution >= 0.6 is 7.60 Å². The fourth-order valence-corrected chi connectivity index (χ4v) is 1.60. The predicted octanol–water partition coefficient (Wildman–Crippen LogP) is 1.67. The Morgan fingerprint density at radius 1 is 1.13 bits per heavy atom. The molecule has 0 heterocycles. The smallest absolute Gasteiger partial charge is 0.356 e. The van der Waals surface area contributed by atoms with Crippen LogP contribution in [0.2, 0.25) is 0 Å². The Hall–Kier alpha value is -0.830. The van der Waals surface area contributed by atoms with Gasteiger partial charge in [-0.25, -0.2) is 0 Å². The van der Waals surface area contributed by atoms with E-state index < -0.39 is 7.60 Å². The van der Waals surface area contributed by atoms with Crippen molar-refractivity contribution < 1.29 is 19.1 Å². The lowest BCUT2D eigenvalue weighted by atomic mass is 10.2. The van der Waals surface area contributed by atoms with Crippen molar-refractivity contribution in [3.8, 4) is 5.75 Å². The molecule has 0 saturated carbocycles. The first kappa shape index (κ1) is 12.2. The molecule has 84 valence electrons. The van der Waals surface area contributed by atoms with Gasteiger partial charge >= 0.3 is 7.60 Å². The number of hydrogen-bond acceptors (Lipinski definition) is 2. The molecule has 5 heteroatoms. The van der Waals surface area contributed by atoms with E-state index in [0.717, 1.165) is 0 Å². The predicted molar refractivity (Wildman–Crippen MR) is 58.5 cm³/mol. The van der Waals surface area contributed by atoms with E-state index in [1.807, 2.05) is 20.8 Å². The van der Waals surface area contributed by atoms with Crippen LogP contribution in [0.3, 0.4) is 0 Å². The summed E-state index contributed by atoms with van der Waals surface area (Å²) in [5.74, 6) is 0.597. The minimum atomic E-state index is -4.14. The van der Waals surface area contributed by atoms with Gasteiger partial charge in [-0.15, -0.1) is 0 Å². The largest absolute Gasteiger partial charge is 0.488 e. The van der Waals surface area contributed by atoms with Crippen LogP contribution in [0, 0.1) is 0 Å². The standard InChI is InChI=1S/C10H15O4P/c1-10(2,3)14-8-4-6-9(7-5-8)15(11,12)13/h4-7H,1-3H3,(H2,11,12,13). The maximum Gasteiger partial charge on any atom is 0.356 e. The molecule has 1 aromatic carbocycles. The molecule has 15 heavy (non-hydrogen) atoms. The molecule has 0 aliphatic carbocycles. The van der Waals surface area contributed by atoms with Gasteiger partial charge in [0.2, 0.25) is 0 Å². The van der Waals surface area contributed by atoms with E-state index in [1.54, 1.807) is 12.1 Å². The van der Waals surface area contributed by atoms with Crippen molar-refractivity contribution in [2.45, 2.75) is 26.4 Å². The molecule has 4 nitrogen and oxygen atoms in total. The molecule has 0 unspecified atom stereocenters. The van der Waals surface area contributed by atoms with Crippen molar-refractivity contribution >= 4 is 12.9 Å². The Kier molecular flexibility index (Phi) is 3.24. The summed E-state index contributed by atoms with van der Waals surface area (Å²) in [6.45, 7) is 5.72. The normalized spacial score (nSPS) is 12.6. The van der Waals surface area contributed by atoms with Crippen LogP contribution in [0.4, 0.5) is 0 Å². The highest BCUT2D eigenvalue weighted by Crippen LogP contribution is 2.33. The average Bonchev–Trinajstić information content (AvgIpc) is 2.00. The third-order valence-electron chi connectivity index (χ3n) is 1.60. The molecule has 0 spiro atoms. The Balaban J connectivity index is 2.87. The van der Waals surface area contributed by atoms with E-state index in [1.165, 1.54) is 12.1 Å². The molecule has 0 fully saturated rings. The van der Waals surface area contributed by atoms with Crippen molar-refractivity contribution in [3.05, 3.63) is 24.3 Å². The number of ether oxygens (including phenoxy) is 1. The summed E-state index contributed by atoms with van der Waals surface area (Å²) in [7, 11) is -4.14. The highest BCUT2D eigenvalue weighted by Gasteiger charge is 2.17. The molecule has 0 atom stereocenters. The van der Waals surface area contributed by atoms with Gasteiger partial charge in [-0.05, 0) is 45.0 Å². The summed E-state index contributed by atoms with van der Waals surface area (Å²) < 4.78 is 16.4. The topological polar surface area (TPSA) is 66.8 Å². The van der Waals surface area contributed by atoms with Crippen molar-refractivity contribution in [2.75, 3.05) is 0 Å². The van der Waals surface area contributed by atoms with Crippen molar-refractivity contribution in [1.29, 1.82) is 0 Å². The highest BCUT2D eigenvalue weighted by molar-refractivity contribution is 7.60.